The van der Waals surface area contributed by atoms with Gasteiger partial charge in [-0.15, -0.1) is 11.3 Å². The third-order valence-electron chi connectivity index (χ3n) is 4.17. The van der Waals surface area contributed by atoms with E-state index in [0.29, 0.717) is 13.0 Å². The van der Waals surface area contributed by atoms with Gasteiger partial charge in [-0.3, -0.25) is 4.79 Å². The van der Waals surface area contributed by atoms with E-state index in [1.165, 1.54) is 6.42 Å². The van der Waals surface area contributed by atoms with Gasteiger partial charge < -0.3 is 10.4 Å². The van der Waals surface area contributed by atoms with Gasteiger partial charge in [-0.05, 0) is 37.2 Å². The zero-order valence-electron chi connectivity index (χ0n) is 11.4. The largest absolute Gasteiger partial charge is 0.395 e. The highest BCUT2D eigenvalue weighted by atomic mass is 32.1. The summed E-state index contributed by atoms with van der Waals surface area (Å²) >= 11 is 1.62. The second kappa shape index (κ2) is 5.99. The number of carbonyl (C=O) groups is 1. The van der Waals surface area contributed by atoms with E-state index in [4.69, 9.17) is 5.11 Å². The number of thiophene rings is 1. The van der Waals surface area contributed by atoms with Gasteiger partial charge in [0.1, 0.15) is 0 Å². The number of carbonyl (C=O) groups excluding carboxylic acids is 1. The van der Waals surface area contributed by atoms with Crippen LogP contribution in [0.4, 0.5) is 0 Å². The zero-order chi connectivity index (χ0) is 13.9. The topological polar surface area (TPSA) is 49.3 Å². The fourth-order valence-corrected chi connectivity index (χ4v) is 3.76. The van der Waals surface area contributed by atoms with Crippen molar-refractivity contribution in [2.24, 2.45) is 17.8 Å². The van der Waals surface area contributed by atoms with Gasteiger partial charge in [0.05, 0.1) is 13.2 Å². The second-order valence-electron chi connectivity index (χ2n) is 5.72. The molecule has 0 saturated heterocycles. The lowest BCUT2D eigenvalue weighted by molar-refractivity contribution is -0.125. The van der Waals surface area contributed by atoms with E-state index in [9.17, 15) is 4.79 Å². The molecule has 106 valence electrons. The summed E-state index contributed by atoms with van der Waals surface area (Å²) in [4.78, 5) is 13.2. The first kappa shape index (κ1) is 13.7. The van der Waals surface area contributed by atoms with Crippen LogP contribution in [-0.4, -0.2) is 17.6 Å². The van der Waals surface area contributed by atoms with E-state index in [1.807, 2.05) is 11.4 Å². The van der Waals surface area contributed by atoms with Gasteiger partial charge in [0.25, 0.3) is 0 Å². The molecular formula is C16H19NO2S. The number of fused-ring (bicyclic) bond motifs is 1. The molecule has 2 aliphatic carbocycles. The van der Waals surface area contributed by atoms with Gasteiger partial charge in [-0.2, -0.15) is 0 Å². The summed E-state index contributed by atoms with van der Waals surface area (Å²) in [6.45, 7) is 0.709. The number of hydrogen-bond acceptors (Lipinski definition) is 3. The molecule has 1 amide bonds. The molecule has 2 N–H and O–H groups in total. The first-order valence-corrected chi connectivity index (χ1v) is 8.09. The molecule has 0 spiro atoms. The molecule has 2 aliphatic rings. The summed E-state index contributed by atoms with van der Waals surface area (Å²) in [5, 5.41) is 13.7. The first-order valence-electron chi connectivity index (χ1n) is 7.21. The average molecular weight is 289 g/mol. The number of amides is 1. The highest BCUT2D eigenvalue weighted by Gasteiger charge is 2.47. The number of aliphatic hydroxyl groups excluding tert-OH is 1. The number of rotatable bonds is 4. The van der Waals surface area contributed by atoms with Crippen LogP contribution in [0.3, 0.4) is 0 Å². The molecule has 2 unspecified atom stereocenters. The van der Waals surface area contributed by atoms with Crippen molar-refractivity contribution in [3.8, 4) is 11.8 Å². The Hall–Kier alpha value is -1.31. The molecule has 0 bridgehead atoms. The van der Waals surface area contributed by atoms with Crippen molar-refractivity contribution in [1.82, 2.24) is 5.32 Å². The van der Waals surface area contributed by atoms with Crippen molar-refractivity contribution in [3.05, 3.63) is 21.9 Å². The van der Waals surface area contributed by atoms with Crippen molar-refractivity contribution in [3.63, 3.8) is 0 Å². The Labute approximate surface area is 123 Å². The summed E-state index contributed by atoms with van der Waals surface area (Å²) in [6.07, 6.45) is 4.05. The summed E-state index contributed by atoms with van der Waals surface area (Å²) in [5.74, 6) is 8.08. The quantitative estimate of drug-likeness (QED) is 0.834. The molecule has 20 heavy (non-hydrogen) atoms. The van der Waals surface area contributed by atoms with Gasteiger partial charge in [0, 0.05) is 28.2 Å². The molecule has 0 aliphatic heterocycles. The van der Waals surface area contributed by atoms with Gasteiger partial charge in [-0.25, -0.2) is 0 Å². The van der Waals surface area contributed by atoms with E-state index >= 15 is 0 Å². The number of aliphatic hydroxyl groups is 1. The molecule has 2 saturated carbocycles. The van der Waals surface area contributed by atoms with Crippen LogP contribution in [0.2, 0.25) is 0 Å². The molecule has 3 rings (SSSR count). The Morgan fingerprint density at radius 1 is 1.40 bits per heavy atom. The Morgan fingerprint density at radius 2 is 2.20 bits per heavy atom. The van der Waals surface area contributed by atoms with Crippen LogP contribution < -0.4 is 5.32 Å². The van der Waals surface area contributed by atoms with E-state index in [0.717, 1.165) is 35.1 Å². The van der Waals surface area contributed by atoms with Crippen molar-refractivity contribution >= 4 is 17.2 Å². The molecule has 0 radical (unpaired) electrons. The standard InChI is InChI=1S/C16H19NO2S/c18-4-2-1-3-11-5-15(20-10-11)9-17-16(19)14-7-12-6-13(12)8-14/h5,10,12-14,18H,2,4,6-9H2,(H,17,19). The van der Waals surface area contributed by atoms with Crippen LogP contribution in [0.25, 0.3) is 0 Å². The minimum Gasteiger partial charge on any atom is -0.395 e. The van der Waals surface area contributed by atoms with E-state index in [1.54, 1.807) is 11.3 Å². The third-order valence-corrected chi connectivity index (χ3v) is 5.11. The minimum atomic E-state index is 0.101. The van der Waals surface area contributed by atoms with Crippen LogP contribution >= 0.6 is 11.3 Å². The summed E-state index contributed by atoms with van der Waals surface area (Å²) in [6, 6.07) is 2.02. The van der Waals surface area contributed by atoms with Gasteiger partial charge in [-0.1, -0.05) is 11.8 Å². The normalized spacial score (nSPS) is 26.6. The van der Waals surface area contributed by atoms with E-state index < -0.39 is 0 Å². The summed E-state index contributed by atoms with van der Waals surface area (Å²) in [7, 11) is 0. The lowest BCUT2D eigenvalue weighted by Crippen LogP contribution is -2.29. The molecule has 2 atom stereocenters. The lowest BCUT2D eigenvalue weighted by atomic mass is 10.0. The maximum Gasteiger partial charge on any atom is 0.223 e. The fourth-order valence-electron chi connectivity index (χ4n) is 3.01. The van der Waals surface area contributed by atoms with E-state index in [2.05, 4.69) is 17.2 Å². The Kier molecular flexibility index (Phi) is 4.09. The monoisotopic (exact) mass is 289 g/mol. The third kappa shape index (κ3) is 3.23. The average Bonchev–Trinajstić information content (AvgIpc) is 2.89. The highest BCUT2D eigenvalue weighted by molar-refractivity contribution is 7.10. The second-order valence-corrected chi connectivity index (χ2v) is 6.71. The lowest BCUT2D eigenvalue weighted by Gasteiger charge is -2.11. The van der Waals surface area contributed by atoms with Gasteiger partial charge in [0.2, 0.25) is 5.91 Å². The van der Waals surface area contributed by atoms with E-state index in [-0.39, 0.29) is 18.4 Å². The molecule has 3 nitrogen and oxygen atoms in total. The molecule has 4 heteroatoms. The predicted octanol–water partition coefficient (Wildman–Crippen LogP) is 2.14. The molecule has 1 heterocycles. The Balaban J connectivity index is 1.46. The maximum atomic E-state index is 12.0. The Morgan fingerprint density at radius 3 is 2.95 bits per heavy atom. The molecule has 1 aromatic heterocycles. The van der Waals surface area contributed by atoms with Crippen molar-refractivity contribution in [1.29, 1.82) is 0 Å². The van der Waals surface area contributed by atoms with Crippen LogP contribution in [0, 0.1) is 29.6 Å². The molecular weight excluding hydrogens is 270 g/mol. The maximum absolute atomic E-state index is 12.0. The fraction of sp³-hybridized carbons (Fsp3) is 0.562. The number of nitrogens with one attached hydrogen (secondary N) is 1. The van der Waals surface area contributed by atoms with Crippen LogP contribution in [0.5, 0.6) is 0 Å². The Bertz CT molecular complexity index is 544. The van der Waals surface area contributed by atoms with Crippen LogP contribution in [0.15, 0.2) is 11.4 Å². The smallest absolute Gasteiger partial charge is 0.223 e. The number of hydrogen-bond donors (Lipinski definition) is 2. The summed E-state index contributed by atoms with van der Waals surface area (Å²) < 4.78 is 0. The zero-order valence-corrected chi connectivity index (χ0v) is 12.2. The van der Waals surface area contributed by atoms with Crippen molar-refractivity contribution in [2.75, 3.05) is 6.61 Å². The molecule has 0 aromatic carbocycles. The predicted molar refractivity (Wildman–Crippen MR) is 79.1 cm³/mol. The van der Waals surface area contributed by atoms with Gasteiger partial charge in [0.15, 0.2) is 0 Å². The minimum absolute atomic E-state index is 0.101. The van der Waals surface area contributed by atoms with Crippen molar-refractivity contribution in [2.45, 2.75) is 32.2 Å². The summed E-state index contributed by atoms with van der Waals surface area (Å²) in [5.41, 5.74) is 0.967. The molecule has 1 aromatic rings. The highest BCUT2D eigenvalue weighted by Crippen LogP contribution is 2.54. The van der Waals surface area contributed by atoms with Crippen LogP contribution in [-0.2, 0) is 11.3 Å². The molecule has 2 fully saturated rings. The van der Waals surface area contributed by atoms with Crippen molar-refractivity contribution < 1.29 is 9.90 Å². The van der Waals surface area contributed by atoms with Gasteiger partial charge >= 0.3 is 0 Å². The van der Waals surface area contributed by atoms with Crippen LogP contribution in [0.1, 0.15) is 36.1 Å². The SMILES string of the molecule is O=C(NCc1cc(C#CCCO)cs1)C1CC2CC2C1. The first-order chi connectivity index (χ1) is 9.76.